The van der Waals surface area contributed by atoms with Crippen molar-refractivity contribution in [1.82, 2.24) is 0 Å². The highest BCUT2D eigenvalue weighted by atomic mass is 14.0. The molecule has 0 aliphatic carbocycles. The molecule has 0 saturated heterocycles. The van der Waals surface area contributed by atoms with Crippen molar-refractivity contribution in [3.05, 3.63) is 156 Å². The fraction of sp³-hybridized carbons (Fsp3) is 0.0909. The lowest BCUT2D eigenvalue weighted by molar-refractivity contribution is 1.47. The Labute approximate surface area is 199 Å². The van der Waals surface area contributed by atoms with Crippen LogP contribution in [0.5, 0.6) is 0 Å². The fourth-order valence-electron chi connectivity index (χ4n) is 3.37. The molecule has 0 aromatic heterocycles. The van der Waals surface area contributed by atoms with E-state index in [0.717, 1.165) is 0 Å². The third kappa shape index (κ3) is 8.27. The smallest absolute Gasteiger partial charge is 0.0181 e. The standard InChI is InChI=1S/2C13H12.C7H8/c1-11-6-5-9-13(10-11)12-7-3-2-4-8-12;1-11-7-9-13(10-8-11)12-5-3-2-4-6-12;1-7-5-3-2-4-6-7/h2*2-10H,1H3;2-6H,1H3. The molecule has 5 rings (SSSR count). The summed E-state index contributed by atoms with van der Waals surface area (Å²) in [6.45, 7) is 6.31. The molecule has 0 radical (unpaired) electrons. The van der Waals surface area contributed by atoms with E-state index in [2.05, 4.69) is 130 Å². The van der Waals surface area contributed by atoms with Crippen LogP contribution >= 0.6 is 0 Å². The Morgan fingerprint density at radius 1 is 0.273 bits per heavy atom. The lowest BCUT2D eigenvalue weighted by Gasteiger charge is -2.01. The zero-order chi connectivity index (χ0) is 23.3. The first-order valence-corrected chi connectivity index (χ1v) is 11.4. The molecule has 0 spiro atoms. The summed E-state index contributed by atoms with van der Waals surface area (Å²) < 4.78 is 0. The first kappa shape index (κ1) is 23.8. The molecule has 5 aromatic carbocycles. The molecular formula is C33H32. The second-order valence-electron chi connectivity index (χ2n) is 8.12. The molecule has 0 nitrogen and oxygen atoms in total. The van der Waals surface area contributed by atoms with E-state index in [1.165, 1.54) is 38.9 Å². The van der Waals surface area contributed by atoms with Gasteiger partial charge in [0.2, 0.25) is 0 Å². The lowest BCUT2D eigenvalue weighted by atomic mass is 10.0. The molecule has 0 atom stereocenters. The van der Waals surface area contributed by atoms with E-state index >= 15 is 0 Å². The molecule has 0 N–H and O–H groups in total. The predicted octanol–water partition coefficient (Wildman–Crippen LogP) is 9.32. The maximum atomic E-state index is 2.20. The van der Waals surface area contributed by atoms with Crippen molar-refractivity contribution in [3.8, 4) is 22.3 Å². The Hall–Kier alpha value is -3.90. The topological polar surface area (TPSA) is 0 Å². The monoisotopic (exact) mass is 428 g/mol. The van der Waals surface area contributed by atoms with Gasteiger partial charge in [0.05, 0.1) is 0 Å². The molecule has 0 heteroatoms. The summed E-state index contributed by atoms with van der Waals surface area (Å²) in [6, 6.07) is 48.3. The Morgan fingerprint density at radius 2 is 0.636 bits per heavy atom. The third-order valence-electron chi connectivity index (χ3n) is 5.22. The first-order valence-electron chi connectivity index (χ1n) is 11.4. The van der Waals surface area contributed by atoms with E-state index in [9.17, 15) is 0 Å². The zero-order valence-electron chi connectivity index (χ0n) is 19.8. The Bertz CT molecular complexity index is 1190. The predicted molar refractivity (Wildman–Crippen MR) is 144 cm³/mol. The molecule has 0 heterocycles. The van der Waals surface area contributed by atoms with Crippen LogP contribution in [0.3, 0.4) is 0 Å². The van der Waals surface area contributed by atoms with Crippen molar-refractivity contribution in [1.29, 1.82) is 0 Å². The van der Waals surface area contributed by atoms with Crippen LogP contribution in [-0.2, 0) is 0 Å². The molecular weight excluding hydrogens is 396 g/mol. The van der Waals surface area contributed by atoms with E-state index in [1.54, 1.807) is 0 Å². The average molecular weight is 429 g/mol. The molecule has 164 valence electrons. The maximum absolute atomic E-state index is 2.20. The summed E-state index contributed by atoms with van der Waals surface area (Å²) >= 11 is 0. The van der Waals surface area contributed by atoms with E-state index in [1.807, 2.05) is 30.3 Å². The quantitative estimate of drug-likeness (QED) is 0.263. The van der Waals surface area contributed by atoms with Crippen LogP contribution in [0, 0.1) is 20.8 Å². The van der Waals surface area contributed by atoms with Gasteiger partial charge in [-0.25, -0.2) is 0 Å². The van der Waals surface area contributed by atoms with E-state index in [4.69, 9.17) is 0 Å². The molecule has 0 unspecified atom stereocenters. The normalized spacial score (nSPS) is 9.67. The van der Waals surface area contributed by atoms with Crippen LogP contribution in [-0.4, -0.2) is 0 Å². The Kier molecular flexibility index (Phi) is 9.24. The number of hydrogen-bond donors (Lipinski definition) is 0. The third-order valence-corrected chi connectivity index (χ3v) is 5.22. The van der Waals surface area contributed by atoms with Crippen LogP contribution in [0.25, 0.3) is 22.3 Å². The second-order valence-corrected chi connectivity index (χ2v) is 8.12. The highest BCUT2D eigenvalue weighted by Gasteiger charge is 1.95. The highest BCUT2D eigenvalue weighted by Crippen LogP contribution is 2.19. The minimum absolute atomic E-state index is 1.28. The molecule has 0 fully saturated rings. The van der Waals surface area contributed by atoms with Crippen molar-refractivity contribution < 1.29 is 0 Å². The molecule has 0 saturated carbocycles. The zero-order valence-corrected chi connectivity index (χ0v) is 19.8. The van der Waals surface area contributed by atoms with Gasteiger partial charge < -0.3 is 0 Å². The first-order chi connectivity index (χ1) is 16.1. The largest absolute Gasteiger partial charge is 0.0622 e. The van der Waals surface area contributed by atoms with Crippen molar-refractivity contribution in [2.45, 2.75) is 20.8 Å². The van der Waals surface area contributed by atoms with Crippen molar-refractivity contribution in [3.63, 3.8) is 0 Å². The van der Waals surface area contributed by atoms with Crippen molar-refractivity contribution in [2.75, 3.05) is 0 Å². The summed E-state index contributed by atoms with van der Waals surface area (Å²) in [5, 5.41) is 0. The van der Waals surface area contributed by atoms with Gasteiger partial charge in [0.1, 0.15) is 0 Å². The van der Waals surface area contributed by atoms with Crippen LogP contribution in [0.15, 0.2) is 140 Å². The summed E-state index contributed by atoms with van der Waals surface area (Å²) in [5.41, 5.74) is 9.07. The summed E-state index contributed by atoms with van der Waals surface area (Å²) in [4.78, 5) is 0. The lowest BCUT2D eigenvalue weighted by Crippen LogP contribution is -1.77. The molecule has 5 aromatic rings. The molecule has 0 aliphatic heterocycles. The maximum Gasteiger partial charge on any atom is -0.0181 e. The van der Waals surface area contributed by atoms with Crippen LogP contribution in [0.2, 0.25) is 0 Å². The van der Waals surface area contributed by atoms with E-state index in [-0.39, 0.29) is 0 Å². The molecule has 0 amide bonds. The van der Waals surface area contributed by atoms with Gasteiger partial charge in [-0.15, -0.1) is 0 Å². The van der Waals surface area contributed by atoms with E-state index in [0.29, 0.717) is 0 Å². The van der Waals surface area contributed by atoms with Crippen LogP contribution in [0.1, 0.15) is 16.7 Å². The molecule has 33 heavy (non-hydrogen) atoms. The Morgan fingerprint density at radius 3 is 1.09 bits per heavy atom. The SMILES string of the molecule is Cc1ccc(-c2ccccc2)cc1.Cc1cccc(-c2ccccc2)c1.Cc1ccccc1. The van der Waals surface area contributed by atoms with Gasteiger partial charge >= 0.3 is 0 Å². The number of hydrogen-bond acceptors (Lipinski definition) is 0. The summed E-state index contributed by atoms with van der Waals surface area (Å²) in [6.07, 6.45) is 0. The van der Waals surface area contributed by atoms with Crippen LogP contribution in [0.4, 0.5) is 0 Å². The number of rotatable bonds is 2. The number of aryl methyl sites for hydroxylation is 3. The summed E-state index contributed by atoms with van der Waals surface area (Å²) in [7, 11) is 0. The number of benzene rings is 5. The summed E-state index contributed by atoms with van der Waals surface area (Å²) in [5.74, 6) is 0. The van der Waals surface area contributed by atoms with Gasteiger partial charge in [0, 0.05) is 0 Å². The van der Waals surface area contributed by atoms with Gasteiger partial charge in [-0.3, -0.25) is 0 Å². The van der Waals surface area contributed by atoms with Gasteiger partial charge in [-0.05, 0) is 43.0 Å². The van der Waals surface area contributed by atoms with Crippen molar-refractivity contribution in [2.24, 2.45) is 0 Å². The molecule has 0 aliphatic rings. The highest BCUT2D eigenvalue weighted by molar-refractivity contribution is 5.64. The minimum atomic E-state index is 1.28. The second kappa shape index (κ2) is 12.8. The fourth-order valence-corrected chi connectivity index (χ4v) is 3.37. The van der Waals surface area contributed by atoms with Crippen LogP contribution < -0.4 is 0 Å². The van der Waals surface area contributed by atoms with Gasteiger partial charge in [0.25, 0.3) is 0 Å². The van der Waals surface area contributed by atoms with Gasteiger partial charge in [-0.1, -0.05) is 156 Å². The Balaban J connectivity index is 0.000000146. The average Bonchev–Trinajstić information content (AvgIpc) is 2.87. The van der Waals surface area contributed by atoms with Crippen molar-refractivity contribution >= 4 is 0 Å². The minimum Gasteiger partial charge on any atom is -0.0622 e. The van der Waals surface area contributed by atoms with Gasteiger partial charge in [-0.2, -0.15) is 0 Å². The van der Waals surface area contributed by atoms with E-state index < -0.39 is 0 Å². The van der Waals surface area contributed by atoms with Gasteiger partial charge in [0.15, 0.2) is 0 Å². The molecule has 0 bridgehead atoms.